The summed E-state index contributed by atoms with van der Waals surface area (Å²) in [5.41, 5.74) is -3.13. The third-order valence-electron chi connectivity index (χ3n) is 0.906. The summed E-state index contributed by atoms with van der Waals surface area (Å²) in [5.74, 6) is 0. The zero-order chi connectivity index (χ0) is 8.59. The Kier molecular flexibility index (Phi) is 11.1. The SMILES string of the molecule is O.O.O=c1[nH]c(=O)n(Cl)c(=O)n1Cl.[K]. The van der Waals surface area contributed by atoms with Gasteiger partial charge in [-0.05, 0) is 0 Å². The van der Waals surface area contributed by atoms with Crippen molar-refractivity contribution < 1.29 is 11.0 Å². The fourth-order valence-corrected chi connectivity index (χ4v) is 0.715. The van der Waals surface area contributed by atoms with Crippen LogP contribution in [0.5, 0.6) is 0 Å². The summed E-state index contributed by atoms with van der Waals surface area (Å²) in [6, 6.07) is 0. The molecule has 1 rings (SSSR count). The molecule has 0 atom stereocenters. The van der Waals surface area contributed by atoms with Crippen molar-refractivity contribution in [1.29, 1.82) is 0 Å². The monoisotopic (exact) mass is 272 g/mol. The molecular formula is C3H5Cl2KN3O5. The van der Waals surface area contributed by atoms with Crippen LogP contribution in [0.4, 0.5) is 0 Å². The molecule has 0 fully saturated rings. The molecule has 77 valence electrons. The van der Waals surface area contributed by atoms with Crippen LogP contribution in [0.25, 0.3) is 0 Å². The topological polar surface area (TPSA) is 140 Å². The Hall–Kier alpha value is 0.546. The summed E-state index contributed by atoms with van der Waals surface area (Å²) in [7, 11) is 0. The van der Waals surface area contributed by atoms with Gasteiger partial charge in [-0.3, -0.25) is 4.98 Å². The molecule has 5 N–H and O–H groups in total. The molecule has 0 saturated heterocycles. The molecule has 0 aliphatic rings. The fraction of sp³-hybridized carbons (Fsp3) is 0. The van der Waals surface area contributed by atoms with Gasteiger partial charge in [0.2, 0.25) is 0 Å². The van der Waals surface area contributed by atoms with Crippen LogP contribution < -0.4 is 17.1 Å². The van der Waals surface area contributed by atoms with Crippen molar-refractivity contribution in [1.82, 2.24) is 13.2 Å². The molecule has 0 saturated carbocycles. The fourth-order valence-electron chi connectivity index (χ4n) is 0.440. The van der Waals surface area contributed by atoms with Crippen molar-refractivity contribution in [2.75, 3.05) is 0 Å². The summed E-state index contributed by atoms with van der Waals surface area (Å²) in [4.78, 5) is 33.4. The van der Waals surface area contributed by atoms with Gasteiger partial charge in [-0.15, -0.1) is 8.17 Å². The van der Waals surface area contributed by atoms with E-state index in [1.54, 1.807) is 4.98 Å². The second kappa shape index (κ2) is 7.79. The maximum atomic E-state index is 10.7. The van der Waals surface area contributed by atoms with Crippen LogP contribution in [-0.2, 0) is 0 Å². The first-order valence-electron chi connectivity index (χ1n) is 2.34. The van der Waals surface area contributed by atoms with Crippen LogP contribution in [0.2, 0.25) is 0 Å². The van der Waals surface area contributed by atoms with Crippen LogP contribution in [0.15, 0.2) is 14.4 Å². The first kappa shape index (κ1) is 20.0. The molecule has 0 spiro atoms. The van der Waals surface area contributed by atoms with E-state index in [1.165, 1.54) is 0 Å². The van der Waals surface area contributed by atoms with Gasteiger partial charge in [0, 0.05) is 74.9 Å². The van der Waals surface area contributed by atoms with Crippen LogP contribution in [0.1, 0.15) is 0 Å². The van der Waals surface area contributed by atoms with Gasteiger partial charge >= 0.3 is 17.1 Å². The molecule has 1 heterocycles. The average molecular weight is 273 g/mol. The van der Waals surface area contributed by atoms with Gasteiger partial charge in [0.1, 0.15) is 0 Å². The van der Waals surface area contributed by atoms with Crippen LogP contribution >= 0.6 is 23.6 Å². The Labute approximate surface area is 129 Å². The molecule has 1 radical (unpaired) electrons. The van der Waals surface area contributed by atoms with Gasteiger partial charge in [-0.1, -0.05) is 0 Å². The number of hydrogen-bond donors (Lipinski definition) is 1. The molecule has 14 heavy (non-hydrogen) atoms. The second-order valence-corrected chi connectivity index (χ2v) is 2.26. The minimum Gasteiger partial charge on any atom is -0.412 e. The minimum absolute atomic E-state index is 0. The molecular weight excluding hydrogens is 268 g/mol. The van der Waals surface area contributed by atoms with Gasteiger partial charge in [0.05, 0.1) is 0 Å². The zero-order valence-electron chi connectivity index (χ0n) is 6.88. The number of rotatable bonds is 0. The molecule has 0 bridgehead atoms. The van der Waals surface area contributed by atoms with E-state index >= 15 is 0 Å². The Balaban J connectivity index is -0.000000403. The number of nitrogens with one attached hydrogen (secondary N) is 1. The number of H-pyrrole nitrogens is 1. The van der Waals surface area contributed by atoms with Crippen molar-refractivity contribution in [2.24, 2.45) is 0 Å². The molecule has 1 aromatic heterocycles. The van der Waals surface area contributed by atoms with Gasteiger partial charge in [0.15, 0.2) is 0 Å². The summed E-state index contributed by atoms with van der Waals surface area (Å²) in [6.45, 7) is 0. The van der Waals surface area contributed by atoms with Crippen LogP contribution in [0.3, 0.4) is 0 Å². The third-order valence-corrected chi connectivity index (χ3v) is 1.50. The molecule has 0 aliphatic heterocycles. The predicted octanol–water partition coefficient (Wildman–Crippen LogP) is -3.33. The van der Waals surface area contributed by atoms with Crippen molar-refractivity contribution in [3.05, 3.63) is 31.5 Å². The number of aromatic amines is 1. The predicted molar refractivity (Wildman–Crippen MR) is 51.1 cm³/mol. The smallest absolute Gasteiger partial charge is 0.366 e. The van der Waals surface area contributed by atoms with Crippen molar-refractivity contribution in [3.8, 4) is 0 Å². The molecule has 0 aliphatic carbocycles. The Morgan fingerprint density at radius 2 is 1.21 bits per heavy atom. The largest absolute Gasteiger partial charge is 0.412 e. The van der Waals surface area contributed by atoms with E-state index in [0.29, 0.717) is 0 Å². The molecule has 0 amide bonds. The van der Waals surface area contributed by atoms with E-state index < -0.39 is 17.1 Å². The third kappa shape index (κ3) is 3.96. The van der Waals surface area contributed by atoms with E-state index in [-0.39, 0.29) is 70.5 Å². The normalized spacial score (nSPS) is 7.86. The molecule has 0 aromatic carbocycles. The zero-order valence-corrected chi connectivity index (χ0v) is 11.5. The maximum absolute atomic E-state index is 10.7. The number of halogens is 2. The first-order chi connectivity index (χ1) is 5.04. The van der Waals surface area contributed by atoms with Crippen molar-refractivity contribution in [2.45, 2.75) is 0 Å². The van der Waals surface area contributed by atoms with E-state index in [4.69, 9.17) is 23.6 Å². The quantitative estimate of drug-likeness (QED) is 0.494. The molecule has 1 aromatic rings. The standard InChI is InChI=1S/C3HCl2N3O3.K.2H2O/c4-7-1(9)6-2(10)8(5)3(7)11;;;/h(H,6,9,10);;2*1H2. The average Bonchev–Trinajstić information content (AvgIpc) is 1.97. The first-order valence-corrected chi connectivity index (χ1v) is 3.02. The van der Waals surface area contributed by atoms with E-state index in [0.717, 1.165) is 0 Å². The maximum Gasteiger partial charge on any atom is 0.366 e. The van der Waals surface area contributed by atoms with Gasteiger partial charge in [0.25, 0.3) is 0 Å². The van der Waals surface area contributed by atoms with Crippen LogP contribution in [-0.4, -0.2) is 75.5 Å². The van der Waals surface area contributed by atoms with Gasteiger partial charge in [-0.25, -0.2) is 14.4 Å². The summed E-state index contributed by atoms with van der Waals surface area (Å²) >= 11 is 10.1. The van der Waals surface area contributed by atoms with Gasteiger partial charge < -0.3 is 11.0 Å². The van der Waals surface area contributed by atoms with Crippen molar-refractivity contribution in [3.63, 3.8) is 0 Å². The Bertz CT molecular complexity index is 412. The minimum atomic E-state index is -1.10. The van der Waals surface area contributed by atoms with E-state index in [9.17, 15) is 14.4 Å². The molecule has 11 heteroatoms. The molecule has 8 nitrogen and oxygen atoms in total. The number of nitrogens with zero attached hydrogens (tertiary/aromatic N) is 2. The summed E-state index contributed by atoms with van der Waals surface area (Å²) in [5, 5.41) is 0. The van der Waals surface area contributed by atoms with Crippen molar-refractivity contribution >= 4 is 74.9 Å². The van der Waals surface area contributed by atoms with Crippen LogP contribution in [0, 0.1) is 0 Å². The Morgan fingerprint density at radius 3 is 1.50 bits per heavy atom. The second-order valence-electron chi connectivity index (χ2n) is 1.58. The Morgan fingerprint density at radius 1 is 0.929 bits per heavy atom. The number of hydrogen-bond acceptors (Lipinski definition) is 3. The summed E-state index contributed by atoms with van der Waals surface area (Å²) in [6.07, 6.45) is 0. The molecule has 0 unspecified atom stereocenters. The van der Waals surface area contributed by atoms with E-state index in [1.807, 2.05) is 0 Å². The number of aromatic nitrogens is 3. The van der Waals surface area contributed by atoms with E-state index in [2.05, 4.69) is 0 Å². The van der Waals surface area contributed by atoms with Gasteiger partial charge in [-0.2, -0.15) is 0 Å². The summed E-state index contributed by atoms with van der Waals surface area (Å²) < 4.78 is 0.322.